The molecule has 0 unspecified atom stereocenters. The van der Waals surface area contributed by atoms with Crippen molar-refractivity contribution in [2.24, 2.45) is 0 Å². The largest absolute Gasteiger partial charge is 0.469 e. The van der Waals surface area contributed by atoms with Gasteiger partial charge in [-0.1, -0.05) is 17.8 Å². The van der Waals surface area contributed by atoms with E-state index in [9.17, 15) is 9.59 Å². The summed E-state index contributed by atoms with van der Waals surface area (Å²) in [5, 5.41) is 13.0. The summed E-state index contributed by atoms with van der Waals surface area (Å²) in [6, 6.07) is 1.27. The molecule has 3 amide bonds. The third-order valence-electron chi connectivity index (χ3n) is 3.24. The molecule has 0 aliphatic carbocycles. The van der Waals surface area contributed by atoms with Crippen molar-refractivity contribution in [1.29, 1.82) is 0 Å². The van der Waals surface area contributed by atoms with Crippen molar-refractivity contribution in [3.05, 3.63) is 30.7 Å². The van der Waals surface area contributed by atoms with E-state index in [1.54, 1.807) is 19.3 Å². The first-order chi connectivity index (χ1) is 11.5. The molecule has 2 N–H and O–H groups in total. The van der Waals surface area contributed by atoms with Crippen LogP contribution < -0.4 is 10.6 Å². The first kappa shape index (κ1) is 17.8. The standard InChI is InChI=1S/C15H19N5O3S/c1-5-7-20-12(11-6-8-23-9(11)2)18-19-15(20)24-10(3)13(21)17-14(22)16-4/h5-6,8,10H,1,7H2,2-4H3,(H2,16,17,21,22)/t10-/m1/s1. The second-order valence-electron chi connectivity index (χ2n) is 4.92. The van der Waals surface area contributed by atoms with Gasteiger partial charge in [-0.15, -0.1) is 16.8 Å². The monoisotopic (exact) mass is 349 g/mol. The van der Waals surface area contributed by atoms with E-state index in [2.05, 4.69) is 27.4 Å². The molecule has 0 saturated heterocycles. The smallest absolute Gasteiger partial charge is 0.321 e. The molecule has 0 radical (unpaired) electrons. The number of nitrogens with one attached hydrogen (secondary N) is 2. The maximum absolute atomic E-state index is 12.0. The van der Waals surface area contributed by atoms with E-state index in [4.69, 9.17) is 4.42 Å². The van der Waals surface area contributed by atoms with Gasteiger partial charge in [0.1, 0.15) is 5.76 Å². The SMILES string of the molecule is C=CCn1c(S[C@H](C)C(=O)NC(=O)NC)nnc1-c1ccoc1C. The van der Waals surface area contributed by atoms with Crippen molar-refractivity contribution in [3.8, 4) is 11.4 Å². The molecule has 0 saturated carbocycles. The van der Waals surface area contributed by atoms with Crippen LogP contribution in [0.1, 0.15) is 12.7 Å². The summed E-state index contributed by atoms with van der Waals surface area (Å²) in [4.78, 5) is 23.2. The van der Waals surface area contributed by atoms with Crippen LogP contribution in [0.15, 0.2) is 34.6 Å². The van der Waals surface area contributed by atoms with Crippen LogP contribution in [0.5, 0.6) is 0 Å². The third-order valence-corrected chi connectivity index (χ3v) is 4.32. The first-order valence-corrected chi connectivity index (χ1v) is 8.13. The third kappa shape index (κ3) is 3.85. The van der Waals surface area contributed by atoms with E-state index in [0.717, 1.165) is 11.3 Å². The summed E-state index contributed by atoms with van der Waals surface area (Å²) in [5.74, 6) is 0.964. The number of amides is 3. The van der Waals surface area contributed by atoms with E-state index in [-0.39, 0.29) is 0 Å². The van der Waals surface area contributed by atoms with Crippen LogP contribution in [0.25, 0.3) is 11.4 Å². The average Bonchev–Trinajstić information content (AvgIpc) is 3.14. The van der Waals surface area contributed by atoms with Gasteiger partial charge in [0.05, 0.1) is 17.1 Å². The van der Waals surface area contributed by atoms with Gasteiger partial charge in [-0.25, -0.2) is 4.79 Å². The molecule has 0 aliphatic rings. The topological polar surface area (TPSA) is 102 Å². The second kappa shape index (κ2) is 7.82. The lowest BCUT2D eigenvalue weighted by atomic mass is 10.2. The number of carbonyl (C=O) groups excluding carboxylic acids is 2. The molecule has 9 heteroatoms. The molecule has 2 heterocycles. The number of hydrogen-bond acceptors (Lipinski definition) is 6. The molecule has 0 bridgehead atoms. The first-order valence-electron chi connectivity index (χ1n) is 7.25. The van der Waals surface area contributed by atoms with Gasteiger partial charge in [0.25, 0.3) is 0 Å². The van der Waals surface area contributed by atoms with Gasteiger partial charge in [0.15, 0.2) is 11.0 Å². The zero-order valence-corrected chi connectivity index (χ0v) is 14.5. The lowest BCUT2D eigenvalue weighted by Crippen LogP contribution is -2.41. The van der Waals surface area contributed by atoms with Gasteiger partial charge < -0.3 is 9.73 Å². The Labute approximate surface area is 143 Å². The predicted octanol–water partition coefficient (Wildman–Crippen LogP) is 1.97. The Bertz CT molecular complexity index is 752. The van der Waals surface area contributed by atoms with E-state index in [1.165, 1.54) is 18.8 Å². The summed E-state index contributed by atoms with van der Waals surface area (Å²) < 4.78 is 7.16. The van der Waals surface area contributed by atoms with Crippen molar-refractivity contribution in [2.45, 2.75) is 30.8 Å². The predicted molar refractivity (Wildman–Crippen MR) is 90.6 cm³/mol. The quantitative estimate of drug-likeness (QED) is 0.611. The maximum atomic E-state index is 12.0. The highest BCUT2D eigenvalue weighted by molar-refractivity contribution is 8.00. The molecule has 8 nitrogen and oxygen atoms in total. The van der Waals surface area contributed by atoms with Gasteiger partial charge in [-0.2, -0.15) is 0 Å². The Kier molecular flexibility index (Phi) is 5.80. The lowest BCUT2D eigenvalue weighted by Gasteiger charge is -2.12. The van der Waals surface area contributed by atoms with Crippen molar-refractivity contribution in [3.63, 3.8) is 0 Å². The minimum atomic E-state index is -0.547. The van der Waals surface area contributed by atoms with Crippen molar-refractivity contribution < 1.29 is 14.0 Å². The van der Waals surface area contributed by atoms with Crippen LogP contribution in [0, 0.1) is 6.92 Å². The second-order valence-corrected chi connectivity index (χ2v) is 6.23. The van der Waals surface area contributed by atoms with Crippen LogP contribution in [0.4, 0.5) is 4.79 Å². The van der Waals surface area contributed by atoms with E-state index in [1.807, 2.05) is 17.6 Å². The highest BCUT2D eigenvalue weighted by Crippen LogP contribution is 2.29. The fraction of sp³-hybridized carbons (Fsp3) is 0.333. The summed E-state index contributed by atoms with van der Waals surface area (Å²) in [6.07, 6.45) is 3.31. The summed E-state index contributed by atoms with van der Waals surface area (Å²) in [7, 11) is 1.45. The maximum Gasteiger partial charge on any atom is 0.321 e. The fourth-order valence-corrected chi connectivity index (χ4v) is 2.83. The van der Waals surface area contributed by atoms with Gasteiger partial charge in [0, 0.05) is 13.6 Å². The summed E-state index contributed by atoms with van der Waals surface area (Å²) in [6.45, 7) is 7.77. The zero-order chi connectivity index (χ0) is 17.7. The minimum absolute atomic E-state index is 0.409. The number of allylic oxidation sites excluding steroid dienone is 1. The molecule has 128 valence electrons. The van der Waals surface area contributed by atoms with Gasteiger partial charge in [-0.05, 0) is 19.9 Å². The zero-order valence-electron chi connectivity index (χ0n) is 13.7. The molecule has 0 spiro atoms. The molecular formula is C15H19N5O3S. The number of nitrogens with zero attached hydrogens (tertiary/aromatic N) is 3. The molecule has 24 heavy (non-hydrogen) atoms. The molecular weight excluding hydrogens is 330 g/mol. The number of imide groups is 1. The molecule has 0 aliphatic heterocycles. The average molecular weight is 349 g/mol. The number of thioether (sulfide) groups is 1. The summed E-state index contributed by atoms with van der Waals surface area (Å²) >= 11 is 1.21. The Morgan fingerprint density at radius 3 is 2.83 bits per heavy atom. The normalized spacial score (nSPS) is 11.8. The van der Waals surface area contributed by atoms with Gasteiger partial charge >= 0.3 is 6.03 Å². The van der Waals surface area contributed by atoms with Crippen LogP contribution in [0.2, 0.25) is 0 Å². The highest BCUT2D eigenvalue weighted by Gasteiger charge is 2.22. The molecule has 2 rings (SSSR count). The van der Waals surface area contributed by atoms with Crippen LogP contribution in [-0.4, -0.2) is 39.0 Å². The van der Waals surface area contributed by atoms with Gasteiger partial charge in [-0.3, -0.25) is 14.7 Å². The van der Waals surface area contributed by atoms with Crippen molar-refractivity contribution in [1.82, 2.24) is 25.4 Å². The van der Waals surface area contributed by atoms with Gasteiger partial charge in [0.2, 0.25) is 5.91 Å². The molecule has 2 aromatic heterocycles. The van der Waals surface area contributed by atoms with Crippen LogP contribution in [-0.2, 0) is 11.3 Å². The highest BCUT2D eigenvalue weighted by atomic mass is 32.2. The van der Waals surface area contributed by atoms with Crippen molar-refractivity contribution >= 4 is 23.7 Å². The number of aromatic nitrogens is 3. The number of furan rings is 1. The van der Waals surface area contributed by atoms with E-state index < -0.39 is 17.2 Å². The number of aryl methyl sites for hydroxylation is 1. The van der Waals surface area contributed by atoms with Crippen LogP contribution in [0.3, 0.4) is 0 Å². The van der Waals surface area contributed by atoms with Crippen LogP contribution >= 0.6 is 11.8 Å². The number of urea groups is 1. The minimum Gasteiger partial charge on any atom is -0.469 e. The lowest BCUT2D eigenvalue weighted by molar-refractivity contribution is -0.119. The Balaban J connectivity index is 2.23. The molecule has 0 fully saturated rings. The Hall–Kier alpha value is -2.55. The molecule has 1 atom stereocenters. The number of rotatable bonds is 6. The Morgan fingerprint density at radius 2 is 2.25 bits per heavy atom. The Morgan fingerprint density at radius 1 is 1.50 bits per heavy atom. The number of hydrogen-bond donors (Lipinski definition) is 2. The van der Waals surface area contributed by atoms with E-state index in [0.29, 0.717) is 17.5 Å². The fourth-order valence-electron chi connectivity index (χ4n) is 1.97. The molecule has 2 aromatic rings. The molecule has 0 aromatic carbocycles. The summed E-state index contributed by atoms with van der Waals surface area (Å²) in [5.41, 5.74) is 0.832. The van der Waals surface area contributed by atoms with Crippen molar-refractivity contribution in [2.75, 3.05) is 7.05 Å². The van der Waals surface area contributed by atoms with E-state index >= 15 is 0 Å². The number of carbonyl (C=O) groups is 2.